The molecule has 0 atom stereocenters. The van der Waals surface area contributed by atoms with Crippen molar-refractivity contribution in [2.45, 2.75) is 39.2 Å². The van der Waals surface area contributed by atoms with Gasteiger partial charge in [-0.05, 0) is 55.0 Å². The average Bonchev–Trinajstić information content (AvgIpc) is 3.27. The first-order valence-corrected chi connectivity index (χ1v) is 11.4. The Bertz CT molecular complexity index is 1140. The standard InChI is InChI=1S/C27H30N4O2/c1-21-4-2-3-5-24(21)15-27(19-32)10-12-30(13-11-27)26(33)14-25-17-29-20-31(25)18-23-8-6-22(16-28)7-9-23/h2-9,17,20,32H,10-15,18-19H2,1H3. The van der Waals surface area contributed by atoms with Gasteiger partial charge in [0.15, 0.2) is 0 Å². The number of amides is 1. The lowest BCUT2D eigenvalue weighted by atomic mass is 9.74. The van der Waals surface area contributed by atoms with E-state index in [2.05, 4.69) is 30.1 Å². The summed E-state index contributed by atoms with van der Waals surface area (Å²) < 4.78 is 1.99. The van der Waals surface area contributed by atoms with Gasteiger partial charge in [0.25, 0.3) is 0 Å². The van der Waals surface area contributed by atoms with Crippen LogP contribution >= 0.6 is 0 Å². The molecule has 170 valence electrons. The first-order chi connectivity index (χ1) is 16.0. The van der Waals surface area contributed by atoms with Gasteiger partial charge in [-0.3, -0.25) is 4.79 Å². The van der Waals surface area contributed by atoms with Gasteiger partial charge < -0.3 is 14.6 Å². The summed E-state index contributed by atoms with van der Waals surface area (Å²) >= 11 is 0. The van der Waals surface area contributed by atoms with E-state index in [9.17, 15) is 9.90 Å². The van der Waals surface area contributed by atoms with E-state index in [0.717, 1.165) is 30.5 Å². The number of aryl methyl sites for hydroxylation is 1. The number of aliphatic hydroxyl groups excluding tert-OH is 1. The molecule has 6 heteroatoms. The molecule has 1 aliphatic heterocycles. The van der Waals surface area contributed by atoms with Gasteiger partial charge in [-0.25, -0.2) is 4.98 Å². The summed E-state index contributed by atoms with van der Waals surface area (Å²) in [7, 11) is 0. The molecule has 33 heavy (non-hydrogen) atoms. The van der Waals surface area contributed by atoms with E-state index in [1.165, 1.54) is 11.1 Å². The fourth-order valence-corrected chi connectivity index (χ4v) is 4.62. The van der Waals surface area contributed by atoms with Gasteiger partial charge in [0.2, 0.25) is 5.91 Å². The van der Waals surface area contributed by atoms with E-state index in [1.807, 2.05) is 33.7 Å². The van der Waals surface area contributed by atoms with Crippen LogP contribution in [0.25, 0.3) is 0 Å². The molecule has 6 nitrogen and oxygen atoms in total. The average molecular weight is 443 g/mol. The molecule has 2 aromatic carbocycles. The van der Waals surface area contributed by atoms with Crippen molar-refractivity contribution in [2.24, 2.45) is 5.41 Å². The predicted octanol–water partition coefficient (Wildman–Crippen LogP) is 3.50. The first kappa shape index (κ1) is 22.8. The molecule has 0 aliphatic carbocycles. The third-order valence-corrected chi connectivity index (χ3v) is 6.91. The van der Waals surface area contributed by atoms with Crippen LogP contribution in [0.4, 0.5) is 0 Å². The van der Waals surface area contributed by atoms with Crippen molar-refractivity contribution in [1.29, 1.82) is 5.26 Å². The topological polar surface area (TPSA) is 82.2 Å². The zero-order chi connectivity index (χ0) is 23.3. The van der Waals surface area contributed by atoms with Crippen LogP contribution in [0.3, 0.4) is 0 Å². The number of imidazole rings is 1. The molecular weight excluding hydrogens is 412 g/mol. The zero-order valence-corrected chi connectivity index (χ0v) is 19.1. The maximum Gasteiger partial charge on any atom is 0.228 e. The molecule has 1 amide bonds. The molecule has 1 fully saturated rings. The summed E-state index contributed by atoms with van der Waals surface area (Å²) in [4.78, 5) is 19.2. The maximum absolute atomic E-state index is 13.1. The summed E-state index contributed by atoms with van der Waals surface area (Å²) in [5, 5.41) is 19.2. The van der Waals surface area contributed by atoms with Gasteiger partial charge in [-0.1, -0.05) is 36.4 Å². The molecule has 2 heterocycles. The highest BCUT2D eigenvalue weighted by molar-refractivity contribution is 5.78. The minimum atomic E-state index is -0.166. The van der Waals surface area contributed by atoms with Gasteiger partial charge in [-0.2, -0.15) is 5.26 Å². The van der Waals surface area contributed by atoms with Crippen LogP contribution in [0.5, 0.6) is 0 Å². The lowest BCUT2D eigenvalue weighted by molar-refractivity contribution is -0.133. The summed E-state index contributed by atoms with van der Waals surface area (Å²) in [5.74, 6) is 0.0963. The number of hydrogen-bond donors (Lipinski definition) is 1. The third-order valence-electron chi connectivity index (χ3n) is 6.91. The number of carbonyl (C=O) groups excluding carboxylic acids is 1. The lowest BCUT2D eigenvalue weighted by Gasteiger charge is -2.41. The Morgan fingerprint density at radius 3 is 2.55 bits per heavy atom. The van der Waals surface area contributed by atoms with E-state index in [4.69, 9.17) is 5.26 Å². The van der Waals surface area contributed by atoms with Crippen LogP contribution in [-0.2, 0) is 24.2 Å². The molecular formula is C27H30N4O2. The second-order valence-corrected chi connectivity index (χ2v) is 9.14. The number of rotatable bonds is 7. The highest BCUT2D eigenvalue weighted by Crippen LogP contribution is 2.35. The van der Waals surface area contributed by atoms with E-state index in [-0.39, 0.29) is 17.9 Å². The molecule has 0 spiro atoms. The second kappa shape index (κ2) is 10.0. The van der Waals surface area contributed by atoms with E-state index >= 15 is 0 Å². The number of nitriles is 1. The first-order valence-electron chi connectivity index (χ1n) is 11.4. The Hall–Kier alpha value is -3.43. The number of nitrogens with zero attached hydrogens (tertiary/aromatic N) is 4. The monoisotopic (exact) mass is 442 g/mol. The molecule has 0 unspecified atom stereocenters. The minimum Gasteiger partial charge on any atom is -0.396 e. The Morgan fingerprint density at radius 1 is 1.15 bits per heavy atom. The van der Waals surface area contributed by atoms with Gasteiger partial charge >= 0.3 is 0 Å². The number of likely N-dealkylation sites (tertiary alicyclic amines) is 1. The Balaban J connectivity index is 1.36. The number of piperidine rings is 1. The van der Waals surface area contributed by atoms with Crippen molar-refractivity contribution in [3.63, 3.8) is 0 Å². The van der Waals surface area contributed by atoms with Crippen molar-refractivity contribution in [1.82, 2.24) is 14.5 Å². The third kappa shape index (κ3) is 5.32. The quantitative estimate of drug-likeness (QED) is 0.607. The van der Waals surface area contributed by atoms with Gasteiger partial charge in [0.1, 0.15) is 0 Å². The molecule has 3 aromatic rings. The Morgan fingerprint density at radius 2 is 1.88 bits per heavy atom. The molecule has 1 saturated heterocycles. The normalized spacial score (nSPS) is 15.2. The number of aromatic nitrogens is 2. The van der Waals surface area contributed by atoms with Crippen LogP contribution in [0.2, 0.25) is 0 Å². The van der Waals surface area contributed by atoms with Gasteiger partial charge in [-0.15, -0.1) is 0 Å². The van der Waals surface area contributed by atoms with Crippen molar-refractivity contribution < 1.29 is 9.90 Å². The molecule has 0 bridgehead atoms. The lowest BCUT2D eigenvalue weighted by Crippen LogP contribution is -2.46. The van der Waals surface area contributed by atoms with Crippen molar-refractivity contribution in [3.05, 3.63) is 89.0 Å². The van der Waals surface area contributed by atoms with E-state index in [0.29, 0.717) is 31.6 Å². The minimum absolute atomic E-state index is 0.0963. The Labute approximate surface area is 195 Å². The SMILES string of the molecule is Cc1ccccc1CC1(CO)CCN(C(=O)Cc2cncn2Cc2ccc(C#N)cc2)CC1. The summed E-state index contributed by atoms with van der Waals surface area (Å²) in [5.41, 5.74) is 4.93. The predicted molar refractivity (Wildman–Crippen MR) is 126 cm³/mol. The smallest absolute Gasteiger partial charge is 0.228 e. The summed E-state index contributed by atoms with van der Waals surface area (Å²) in [6, 6.07) is 17.9. The van der Waals surface area contributed by atoms with Crippen LogP contribution in [0, 0.1) is 23.7 Å². The number of aliphatic hydroxyl groups is 1. The maximum atomic E-state index is 13.1. The fourth-order valence-electron chi connectivity index (χ4n) is 4.62. The van der Waals surface area contributed by atoms with Gasteiger partial charge in [0.05, 0.1) is 24.4 Å². The van der Waals surface area contributed by atoms with Crippen LogP contribution in [0.1, 0.15) is 40.8 Å². The van der Waals surface area contributed by atoms with E-state index in [1.54, 1.807) is 24.7 Å². The highest BCUT2D eigenvalue weighted by Gasteiger charge is 2.36. The number of hydrogen-bond acceptors (Lipinski definition) is 4. The fraction of sp³-hybridized carbons (Fsp3) is 0.370. The highest BCUT2D eigenvalue weighted by atomic mass is 16.3. The molecule has 1 N–H and O–H groups in total. The molecule has 0 radical (unpaired) electrons. The number of carbonyl (C=O) groups is 1. The number of benzene rings is 2. The van der Waals surface area contributed by atoms with Gasteiger partial charge in [0, 0.05) is 43.5 Å². The molecule has 1 aliphatic rings. The second-order valence-electron chi connectivity index (χ2n) is 9.14. The van der Waals surface area contributed by atoms with E-state index < -0.39 is 0 Å². The Kier molecular flexibility index (Phi) is 6.90. The van der Waals surface area contributed by atoms with Crippen LogP contribution in [0.15, 0.2) is 61.1 Å². The van der Waals surface area contributed by atoms with Crippen molar-refractivity contribution >= 4 is 5.91 Å². The van der Waals surface area contributed by atoms with Crippen molar-refractivity contribution in [3.8, 4) is 6.07 Å². The molecule has 4 rings (SSSR count). The molecule has 0 saturated carbocycles. The van der Waals surface area contributed by atoms with Crippen LogP contribution < -0.4 is 0 Å². The summed E-state index contributed by atoms with van der Waals surface area (Å²) in [6.07, 6.45) is 6.25. The van der Waals surface area contributed by atoms with Crippen LogP contribution in [-0.4, -0.2) is 45.2 Å². The molecule has 1 aromatic heterocycles. The zero-order valence-electron chi connectivity index (χ0n) is 19.1. The van der Waals surface area contributed by atoms with Crippen molar-refractivity contribution in [2.75, 3.05) is 19.7 Å². The largest absolute Gasteiger partial charge is 0.396 e. The summed E-state index contributed by atoms with van der Waals surface area (Å²) in [6.45, 7) is 4.18.